The minimum Gasteiger partial charge on any atom is -0.403 e. The summed E-state index contributed by atoms with van der Waals surface area (Å²) in [6, 6.07) is 13.1. The van der Waals surface area contributed by atoms with E-state index in [9.17, 15) is 4.79 Å². The standard InChI is InChI=1S/C18H16ClN3O2/c1-11-6-7-13(8-12(11)2)9-16(23)20-18-22-21-17(24-18)14-4-3-5-15(19)10-14/h3-8,10H,9H2,1-2H3,(H,20,22,23). The van der Waals surface area contributed by atoms with Crippen LogP contribution in [0.25, 0.3) is 11.5 Å². The number of anilines is 1. The zero-order valence-electron chi connectivity index (χ0n) is 13.3. The molecular formula is C18H16ClN3O2. The number of rotatable bonds is 4. The lowest BCUT2D eigenvalue weighted by molar-refractivity contribution is -0.115. The molecule has 3 rings (SSSR count). The van der Waals surface area contributed by atoms with Crippen LogP contribution in [-0.2, 0) is 11.2 Å². The SMILES string of the molecule is Cc1ccc(CC(=O)Nc2nnc(-c3cccc(Cl)c3)o2)cc1C. The van der Waals surface area contributed by atoms with Gasteiger partial charge in [-0.25, -0.2) is 0 Å². The highest BCUT2D eigenvalue weighted by molar-refractivity contribution is 6.30. The highest BCUT2D eigenvalue weighted by Crippen LogP contribution is 2.22. The predicted molar refractivity (Wildman–Crippen MR) is 93.0 cm³/mol. The number of hydrogen-bond acceptors (Lipinski definition) is 4. The van der Waals surface area contributed by atoms with Crippen molar-refractivity contribution in [1.29, 1.82) is 0 Å². The Morgan fingerprint density at radius 3 is 2.71 bits per heavy atom. The van der Waals surface area contributed by atoms with Crippen LogP contribution >= 0.6 is 11.6 Å². The fourth-order valence-electron chi connectivity index (χ4n) is 2.27. The molecule has 1 heterocycles. The van der Waals surface area contributed by atoms with E-state index in [-0.39, 0.29) is 18.3 Å². The van der Waals surface area contributed by atoms with Gasteiger partial charge < -0.3 is 4.42 Å². The summed E-state index contributed by atoms with van der Waals surface area (Å²) in [4.78, 5) is 12.1. The Morgan fingerprint density at radius 1 is 1.12 bits per heavy atom. The predicted octanol–water partition coefficient (Wildman–Crippen LogP) is 4.19. The molecule has 0 saturated carbocycles. The molecule has 0 fully saturated rings. The lowest BCUT2D eigenvalue weighted by atomic mass is 10.0. The molecule has 5 nitrogen and oxygen atoms in total. The number of halogens is 1. The number of nitrogens with zero attached hydrogens (tertiary/aromatic N) is 2. The number of carbonyl (C=O) groups excluding carboxylic acids is 1. The molecule has 2 aromatic carbocycles. The second-order valence-corrected chi connectivity index (χ2v) is 6.00. The summed E-state index contributed by atoms with van der Waals surface area (Å²) in [6.45, 7) is 4.06. The molecule has 122 valence electrons. The second-order valence-electron chi connectivity index (χ2n) is 5.57. The smallest absolute Gasteiger partial charge is 0.322 e. The van der Waals surface area contributed by atoms with Gasteiger partial charge in [-0.15, -0.1) is 5.10 Å². The van der Waals surface area contributed by atoms with Crippen LogP contribution in [0.5, 0.6) is 0 Å². The monoisotopic (exact) mass is 341 g/mol. The minimum atomic E-state index is -0.209. The summed E-state index contributed by atoms with van der Waals surface area (Å²) < 4.78 is 5.46. The van der Waals surface area contributed by atoms with Gasteiger partial charge in [-0.2, -0.15) is 0 Å². The van der Waals surface area contributed by atoms with Gasteiger partial charge in [-0.3, -0.25) is 10.1 Å². The Bertz CT molecular complexity index is 889. The second kappa shape index (κ2) is 6.84. The van der Waals surface area contributed by atoms with Crippen molar-refractivity contribution < 1.29 is 9.21 Å². The Labute approximate surface area is 144 Å². The average molecular weight is 342 g/mol. The first-order valence-corrected chi connectivity index (χ1v) is 7.84. The van der Waals surface area contributed by atoms with Crippen LogP contribution in [0.4, 0.5) is 6.01 Å². The van der Waals surface area contributed by atoms with Crippen LogP contribution in [0, 0.1) is 13.8 Å². The summed E-state index contributed by atoms with van der Waals surface area (Å²) in [5, 5.41) is 11.0. The van der Waals surface area contributed by atoms with Crippen LogP contribution < -0.4 is 5.32 Å². The average Bonchev–Trinajstić information content (AvgIpc) is 2.99. The summed E-state index contributed by atoms with van der Waals surface area (Å²) in [7, 11) is 0. The van der Waals surface area contributed by atoms with Crippen LogP contribution in [0.1, 0.15) is 16.7 Å². The zero-order chi connectivity index (χ0) is 17.1. The van der Waals surface area contributed by atoms with Gasteiger partial charge in [0.1, 0.15) is 0 Å². The molecule has 0 unspecified atom stereocenters. The molecule has 0 bridgehead atoms. The molecule has 1 N–H and O–H groups in total. The molecule has 24 heavy (non-hydrogen) atoms. The molecule has 1 amide bonds. The summed E-state index contributed by atoms with van der Waals surface area (Å²) >= 11 is 5.94. The van der Waals surface area contributed by atoms with E-state index in [4.69, 9.17) is 16.0 Å². The number of hydrogen-bond donors (Lipinski definition) is 1. The molecule has 0 aliphatic heterocycles. The van der Waals surface area contributed by atoms with E-state index in [1.807, 2.05) is 32.0 Å². The van der Waals surface area contributed by atoms with Crippen molar-refractivity contribution in [3.63, 3.8) is 0 Å². The Morgan fingerprint density at radius 2 is 1.96 bits per heavy atom. The van der Waals surface area contributed by atoms with Crippen molar-refractivity contribution in [2.45, 2.75) is 20.3 Å². The number of aryl methyl sites for hydroxylation is 2. The number of benzene rings is 2. The normalized spacial score (nSPS) is 10.6. The Balaban J connectivity index is 1.68. The maximum Gasteiger partial charge on any atom is 0.322 e. The van der Waals surface area contributed by atoms with Gasteiger partial charge in [0.05, 0.1) is 6.42 Å². The quantitative estimate of drug-likeness (QED) is 0.772. The van der Waals surface area contributed by atoms with E-state index < -0.39 is 0 Å². The Kier molecular flexibility index (Phi) is 4.62. The molecule has 0 atom stereocenters. The number of amides is 1. The third-order valence-corrected chi connectivity index (χ3v) is 3.91. The van der Waals surface area contributed by atoms with Crippen molar-refractivity contribution in [3.05, 3.63) is 64.2 Å². The topological polar surface area (TPSA) is 68.0 Å². The molecule has 3 aromatic rings. The summed E-state index contributed by atoms with van der Waals surface area (Å²) in [6.07, 6.45) is 0.246. The van der Waals surface area contributed by atoms with Crippen LogP contribution in [0.15, 0.2) is 46.9 Å². The van der Waals surface area contributed by atoms with E-state index in [1.54, 1.807) is 24.3 Å². The van der Waals surface area contributed by atoms with Crippen LogP contribution in [0.2, 0.25) is 5.02 Å². The first-order chi connectivity index (χ1) is 11.5. The van der Waals surface area contributed by atoms with Crippen molar-refractivity contribution >= 4 is 23.5 Å². The number of carbonyl (C=O) groups is 1. The molecule has 0 aliphatic rings. The maximum absolute atomic E-state index is 12.1. The van der Waals surface area contributed by atoms with E-state index in [0.29, 0.717) is 16.5 Å². The largest absolute Gasteiger partial charge is 0.403 e. The van der Waals surface area contributed by atoms with E-state index in [1.165, 1.54) is 5.56 Å². The third-order valence-electron chi connectivity index (χ3n) is 3.68. The van der Waals surface area contributed by atoms with Crippen molar-refractivity contribution in [3.8, 4) is 11.5 Å². The lowest BCUT2D eigenvalue weighted by Crippen LogP contribution is -2.14. The number of nitrogens with one attached hydrogen (secondary N) is 1. The van der Waals surface area contributed by atoms with Gasteiger partial charge in [0.25, 0.3) is 0 Å². The maximum atomic E-state index is 12.1. The third kappa shape index (κ3) is 3.81. The summed E-state index contributed by atoms with van der Waals surface area (Å²) in [5.74, 6) is 0.0959. The minimum absolute atomic E-state index is 0.0683. The van der Waals surface area contributed by atoms with E-state index in [2.05, 4.69) is 15.5 Å². The van der Waals surface area contributed by atoms with Gasteiger partial charge >= 0.3 is 6.01 Å². The van der Waals surface area contributed by atoms with Gasteiger partial charge in [-0.05, 0) is 48.7 Å². The van der Waals surface area contributed by atoms with Gasteiger partial charge in [0, 0.05) is 10.6 Å². The molecule has 0 saturated heterocycles. The molecule has 0 radical (unpaired) electrons. The van der Waals surface area contributed by atoms with Gasteiger partial charge in [0.15, 0.2) is 0 Å². The van der Waals surface area contributed by atoms with E-state index >= 15 is 0 Å². The first kappa shape index (κ1) is 16.2. The Hall–Kier alpha value is -2.66. The molecule has 6 heteroatoms. The zero-order valence-corrected chi connectivity index (χ0v) is 14.1. The lowest BCUT2D eigenvalue weighted by Gasteiger charge is -2.04. The van der Waals surface area contributed by atoms with Gasteiger partial charge in [0.2, 0.25) is 11.8 Å². The molecule has 1 aromatic heterocycles. The molecule has 0 aliphatic carbocycles. The summed E-state index contributed by atoms with van der Waals surface area (Å²) in [5.41, 5.74) is 3.98. The fraction of sp³-hybridized carbons (Fsp3) is 0.167. The van der Waals surface area contributed by atoms with Crippen molar-refractivity contribution in [2.75, 3.05) is 5.32 Å². The molecule has 0 spiro atoms. The van der Waals surface area contributed by atoms with Crippen molar-refractivity contribution in [1.82, 2.24) is 10.2 Å². The van der Waals surface area contributed by atoms with Crippen LogP contribution in [-0.4, -0.2) is 16.1 Å². The highest BCUT2D eigenvalue weighted by atomic mass is 35.5. The van der Waals surface area contributed by atoms with Crippen LogP contribution in [0.3, 0.4) is 0 Å². The fourth-order valence-corrected chi connectivity index (χ4v) is 2.46. The number of aromatic nitrogens is 2. The van der Waals surface area contributed by atoms with Crippen molar-refractivity contribution in [2.24, 2.45) is 0 Å². The first-order valence-electron chi connectivity index (χ1n) is 7.47. The highest BCUT2D eigenvalue weighted by Gasteiger charge is 2.12. The van der Waals surface area contributed by atoms with E-state index in [0.717, 1.165) is 11.1 Å². The van der Waals surface area contributed by atoms with Gasteiger partial charge in [-0.1, -0.05) is 41.0 Å². The molecular weight excluding hydrogens is 326 g/mol.